The number of rotatable bonds is 9. The Balaban J connectivity index is 1.52. The number of hydrogen-bond donors (Lipinski definition) is 2. The SMILES string of the molecule is CCCCCCc1cccc(-c2ccc(-c3ccc(-c4cc(OC)ccc4O)cn3)nc2)c1O. The highest BCUT2D eigenvalue weighted by atomic mass is 16.5. The first kappa shape index (κ1) is 23.3. The van der Waals surface area contributed by atoms with Crippen LogP contribution in [0.5, 0.6) is 17.2 Å². The summed E-state index contributed by atoms with van der Waals surface area (Å²) in [6, 6.07) is 18.7. The molecule has 5 nitrogen and oxygen atoms in total. The molecule has 0 radical (unpaired) electrons. The molecule has 0 aliphatic carbocycles. The highest BCUT2D eigenvalue weighted by Crippen LogP contribution is 2.35. The maximum absolute atomic E-state index is 10.8. The van der Waals surface area contributed by atoms with E-state index in [9.17, 15) is 10.2 Å². The summed E-state index contributed by atoms with van der Waals surface area (Å²) in [6.07, 6.45) is 9.05. The number of aromatic hydroxyl groups is 2. The van der Waals surface area contributed by atoms with Gasteiger partial charge in [-0.1, -0.05) is 56.5 Å². The fraction of sp³-hybridized carbons (Fsp3) is 0.241. The molecule has 4 aromatic rings. The van der Waals surface area contributed by atoms with E-state index >= 15 is 0 Å². The minimum absolute atomic E-state index is 0.172. The van der Waals surface area contributed by atoms with Crippen molar-refractivity contribution in [3.63, 3.8) is 0 Å². The van der Waals surface area contributed by atoms with Gasteiger partial charge in [0.15, 0.2) is 0 Å². The Labute approximate surface area is 200 Å². The van der Waals surface area contributed by atoms with Crippen LogP contribution in [0.3, 0.4) is 0 Å². The number of para-hydroxylation sites is 1. The molecular weight excluding hydrogens is 424 g/mol. The zero-order chi connectivity index (χ0) is 23.9. The standard InChI is InChI=1S/C29H30N2O3/c1-3-4-5-6-8-20-9-7-10-24(29(20)33)21-11-14-26(30-18-21)27-15-12-22(19-31-27)25-17-23(34-2)13-16-28(25)32/h7,9-19,32-33H,3-6,8H2,1-2H3. The van der Waals surface area contributed by atoms with Gasteiger partial charge in [-0.2, -0.15) is 0 Å². The second kappa shape index (κ2) is 10.8. The van der Waals surface area contributed by atoms with Crippen molar-refractivity contribution < 1.29 is 14.9 Å². The largest absolute Gasteiger partial charge is 0.507 e. The van der Waals surface area contributed by atoms with Gasteiger partial charge in [-0.25, -0.2) is 0 Å². The van der Waals surface area contributed by atoms with Gasteiger partial charge in [0.25, 0.3) is 0 Å². The first-order valence-electron chi connectivity index (χ1n) is 11.7. The van der Waals surface area contributed by atoms with Crippen LogP contribution in [0, 0.1) is 0 Å². The molecule has 0 bridgehead atoms. The van der Waals surface area contributed by atoms with E-state index in [-0.39, 0.29) is 5.75 Å². The van der Waals surface area contributed by atoms with Crippen LogP contribution in [0.2, 0.25) is 0 Å². The van der Waals surface area contributed by atoms with Crippen molar-refractivity contribution in [2.24, 2.45) is 0 Å². The monoisotopic (exact) mass is 454 g/mol. The fourth-order valence-electron chi connectivity index (χ4n) is 4.05. The quantitative estimate of drug-likeness (QED) is 0.266. The molecule has 0 fully saturated rings. The van der Waals surface area contributed by atoms with Crippen LogP contribution in [0.15, 0.2) is 73.1 Å². The lowest BCUT2D eigenvalue weighted by atomic mass is 9.99. The van der Waals surface area contributed by atoms with Crippen LogP contribution in [-0.4, -0.2) is 27.3 Å². The van der Waals surface area contributed by atoms with E-state index in [1.807, 2.05) is 42.5 Å². The van der Waals surface area contributed by atoms with Gasteiger partial charge in [0.1, 0.15) is 17.2 Å². The molecule has 34 heavy (non-hydrogen) atoms. The summed E-state index contributed by atoms with van der Waals surface area (Å²) in [5.41, 5.74) is 5.56. The summed E-state index contributed by atoms with van der Waals surface area (Å²) in [7, 11) is 1.59. The van der Waals surface area contributed by atoms with Crippen molar-refractivity contribution in [3.05, 3.63) is 78.6 Å². The Bertz CT molecular complexity index is 1240. The van der Waals surface area contributed by atoms with Crippen molar-refractivity contribution >= 4 is 0 Å². The van der Waals surface area contributed by atoms with E-state index in [2.05, 4.69) is 16.9 Å². The summed E-state index contributed by atoms with van der Waals surface area (Å²) in [4.78, 5) is 9.13. The molecule has 0 saturated heterocycles. The van der Waals surface area contributed by atoms with Gasteiger partial charge in [-0.15, -0.1) is 0 Å². The lowest BCUT2D eigenvalue weighted by molar-refractivity contribution is 0.412. The number of aromatic nitrogens is 2. The van der Waals surface area contributed by atoms with Crippen molar-refractivity contribution in [2.75, 3.05) is 7.11 Å². The Morgan fingerprint density at radius 3 is 2.09 bits per heavy atom. The molecule has 5 heteroatoms. The van der Waals surface area contributed by atoms with Crippen molar-refractivity contribution in [2.45, 2.75) is 39.0 Å². The number of aryl methyl sites for hydroxylation is 1. The number of benzene rings is 2. The Morgan fingerprint density at radius 2 is 1.47 bits per heavy atom. The van der Waals surface area contributed by atoms with Gasteiger partial charge in [-0.3, -0.25) is 9.97 Å². The number of nitrogens with zero attached hydrogens (tertiary/aromatic N) is 2. The van der Waals surface area contributed by atoms with Gasteiger partial charge in [0, 0.05) is 34.6 Å². The normalized spacial score (nSPS) is 10.9. The first-order valence-corrected chi connectivity index (χ1v) is 11.7. The minimum atomic E-state index is 0.172. The maximum Gasteiger partial charge on any atom is 0.126 e. The summed E-state index contributed by atoms with van der Waals surface area (Å²) in [6.45, 7) is 2.20. The Kier molecular flexibility index (Phi) is 7.43. The Hall–Kier alpha value is -3.86. The van der Waals surface area contributed by atoms with Gasteiger partial charge in [0.2, 0.25) is 0 Å². The first-order chi connectivity index (χ1) is 16.6. The highest BCUT2D eigenvalue weighted by molar-refractivity contribution is 5.74. The van der Waals surface area contributed by atoms with Crippen molar-refractivity contribution in [1.29, 1.82) is 0 Å². The third kappa shape index (κ3) is 5.20. The van der Waals surface area contributed by atoms with Gasteiger partial charge < -0.3 is 14.9 Å². The predicted molar refractivity (Wildman–Crippen MR) is 136 cm³/mol. The average Bonchev–Trinajstić information content (AvgIpc) is 2.88. The molecular formula is C29H30N2O3. The molecule has 4 rings (SSSR count). The smallest absolute Gasteiger partial charge is 0.126 e. The minimum Gasteiger partial charge on any atom is -0.507 e. The van der Waals surface area contributed by atoms with E-state index in [0.717, 1.165) is 46.5 Å². The lowest BCUT2D eigenvalue weighted by Gasteiger charge is -2.11. The molecule has 0 saturated carbocycles. The molecule has 2 heterocycles. The molecule has 174 valence electrons. The van der Waals surface area contributed by atoms with Crippen molar-refractivity contribution in [1.82, 2.24) is 9.97 Å². The topological polar surface area (TPSA) is 75.5 Å². The van der Waals surface area contributed by atoms with E-state index in [1.54, 1.807) is 37.7 Å². The van der Waals surface area contributed by atoms with Gasteiger partial charge in [0.05, 0.1) is 18.5 Å². The van der Waals surface area contributed by atoms with Crippen LogP contribution in [0.4, 0.5) is 0 Å². The number of phenols is 2. The number of ether oxygens (including phenoxy) is 1. The molecule has 2 N–H and O–H groups in total. The lowest BCUT2D eigenvalue weighted by Crippen LogP contribution is -1.92. The number of phenolic OH excluding ortho intramolecular Hbond substituents is 2. The van der Waals surface area contributed by atoms with Gasteiger partial charge >= 0.3 is 0 Å². The van der Waals surface area contributed by atoms with Gasteiger partial charge in [-0.05, 0) is 48.7 Å². The molecule has 0 aliphatic rings. The third-order valence-corrected chi connectivity index (χ3v) is 6.03. The van der Waals surface area contributed by atoms with E-state index in [0.29, 0.717) is 17.1 Å². The second-order valence-electron chi connectivity index (χ2n) is 8.37. The van der Waals surface area contributed by atoms with Crippen LogP contribution in [0.25, 0.3) is 33.6 Å². The van der Waals surface area contributed by atoms with Crippen LogP contribution >= 0.6 is 0 Å². The summed E-state index contributed by atoms with van der Waals surface area (Å²) in [5, 5.41) is 21.0. The highest BCUT2D eigenvalue weighted by Gasteiger charge is 2.11. The molecule has 0 unspecified atom stereocenters. The number of pyridine rings is 2. The summed E-state index contributed by atoms with van der Waals surface area (Å²) in [5.74, 6) is 1.18. The zero-order valence-corrected chi connectivity index (χ0v) is 19.7. The second-order valence-corrected chi connectivity index (χ2v) is 8.37. The Morgan fingerprint density at radius 1 is 0.765 bits per heavy atom. The third-order valence-electron chi connectivity index (χ3n) is 6.03. The van der Waals surface area contributed by atoms with Crippen LogP contribution in [0.1, 0.15) is 38.2 Å². The van der Waals surface area contributed by atoms with E-state index in [4.69, 9.17) is 4.74 Å². The molecule has 2 aromatic carbocycles. The van der Waals surface area contributed by atoms with Crippen LogP contribution in [-0.2, 0) is 6.42 Å². The zero-order valence-electron chi connectivity index (χ0n) is 19.7. The summed E-state index contributed by atoms with van der Waals surface area (Å²) >= 11 is 0. The van der Waals surface area contributed by atoms with Crippen molar-refractivity contribution in [3.8, 4) is 50.9 Å². The van der Waals surface area contributed by atoms with Crippen LogP contribution < -0.4 is 4.74 Å². The van der Waals surface area contributed by atoms with E-state index < -0.39 is 0 Å². The molecule has 0 aliphatic heterocycles. The van der Waals surface area contributed by atoms with E-state index in [1.165, 1.54) is 19.3 Å². The average molecular weight is 455 g/mol. The summed E-state index contributed by atoms with van der Waals surface area (Å²) < 4.78 is 5.26. The fourth-order valence-corrected chi connectivity index (χ4v) is 4.05. The maximum atomic E-state index is 10.8. The number of methoxy groups -OCH3 is 1. The molecule has 2 aromatic heterocycles. The predicted octanol–water partition coefficient (Wildman–Crippen LogP) is 7.02. The molecule has 0 spiro atoms. The molecule has 0 atom stereocenters. The number of unbranched alkanes of at least 4 members (excludes halogenated alkanes) is 3. The molecule has 0 amide bonds. The number of hydrogen-bond acceptors (Lipinski definition) is 5.